The fourth-order valence-electron chi connectivity index (χ4n) is 4.23. The van der Waals surface area contributed by atoms with E-state index in [-0.39, 0.29) is 36.1 Å². The summed E-state index contributed by atoms with van der Waals surface area (Å²) in [5, 5.41) is 2.27. The van der Waals surface area contributed by atoms with Crippen LogP contribution in [-0.2, 0) is 26.3 Å². The fraction of sp³-hybridized carbons (Fsp3) is 0.261. The van der Waals surface area contributed by atoms with Gasteiger partial charge in [0.05, 0.1) is 10.8 Å². The van der Waals surface area contributed by atoms with E-state index in [0.29, 0.717) is 22.3 Å². The van der Waals surface area contributed by atoms with Gasteiger partial charge in [-0.05, 0) is 53.8 Å². The molecule has 0 radical (unpaired) electrons. The molecule has 2 aliphatic rings. The van der Waals surface area contributed by atoms with E-state index in [1.54, 1.807) is 31.2 Å². The lowest BCUT2D eigenvalue weighted by Gasteiger charge is -2.29. The van der Waals surface area contributed by atoms with Gasteiger partial charge < -0.3 is 4.90 Å². The number of fused-ring (bicyclic) bond motifs is 1. The zero-order chi connectivity index (χ0) is 23.2. The van der Waals surface area contributed by atoms with Crippen molar-refractivity contribution in [2.24, 2.45) is 0 Å². The number of nitrogens with zero attached hydrogens (tertiary/aromatic N) is 1. The molecular weight excluding hydrogens is 432 g/mol. The van der Waals surface area contributed by atoms with Crippen LogP contribution in [0.5, 0.6) is 0 Å². The average Bonchev–Trinajstić information content (AvgIpc) is 3.05. The summed E-state index contributed by atoms with van der Waals surface area (Å²) >= 11 is 0. The molecule has 164 valence electrons. The zero-order valence-electron chi connectivity index (χ0n) is 17.2. The maximum absolute atomic E-state index is 12.9. The topological polar surface area (TPSA) is 121 Å². The van der Waals surface area contributed by atoms with Crippen LogP contribution in [0.15, 0.2) is 41.3 Å². The third-order valence-corrected chi connectivity index (χ3v) is 6.76. The maximum atomic E-state index is 12.9. The van der Waals surface area contributed by atoms with Gasteiger partial charge in [-0.3, -0.25) is 24.3 Å². The molecule has 1 fully saturated rings. The van der Waals surface area contributed by atoms with Gasteiger partial charge in [-0.2, -0.15) is 8.42 Å². The van der Waals surface area contributed by atoms with E-state index >= 15 is 0 Å². The number of hydrogen-bond acceptors (Lipinski definition) is 5. The second-order valence-electron chi connectivity index (χ2n) is 7.91. The van der Waals surface area contributed by atoms with E-state index in [1.807, 2.05) is 0 Å². The Hall–Kier alpha value is -3.48. The smallest absolute Gasteiger partial charge is 0.294 e. The minimum Gasteiger partial charge on any atom is -0.322 e. The summed E-state index contributed by atoms with van der Waals surface area (Å²) in [6.07, 6.45) is 6.23. The van der Waals surface area contributed by atoms with Crippen LogP contribution < -0.4 is 5.32 Å². The molecule has 2 aromatic carbocycles. The third-order valence-electron chi connectivity index (χ3n) is 5.91. The van der Waals surface area contributed by atoms with Gasteiger partial charge in [-0.15, -0.1) is 6.42 Å². The summed E-state index contributed by atoms with van der Waals surface area (Å²) in [7, 11) is -4.39. The van der Waals surface area contributed by atoms with Crippen molar-refractivity contribution >= 4 is 27.8 Å². The van der Waals surface area contributed by atoms with E-state index in [2.05, 4.69) is 11.2 Å². The summed E-state index contributed by atoms with van der Waals surface area (Å²) in [6, 6.07) is 8.64. The van der Waals surface area contributed by atoms with Gasteiger partial charge in [0.2, 0.25) is 11.8 Å². The molecule has 2 atom stereocenters. The monoisotopic (exact) mass is 452 g/mol. The normalized spacial score (nSPS) is 19.3. The number of hydrogen-bond donors (Lipinski definition) is 2. The van der Waals surface area contributed by atoms with Crippen molar-refractivity contribution in [3.8, 4) is 12.3 Å². The number of terminal acetylenes is 1. The molecule has 9 heteroatoms. The van der Waals surface area contributed by atoms with Gasteiger partial charge >= 0.3 is 0 Å². The number of benzene rings is 2. The van der Waals surface area contributed by atoms with Crippen LogP contribution in [0, 0.1) is 19.3 Å². The third kappa shape index (κ3) is 3.79. The average molecular weight is 452 g/mol. The summed E-state index contributed by atoms with van der Waals surface area (Å²) in [4.78, 5) is 37.7. The molecular formula is C23H20N2O6S. The number of carbonyl (C=O) groups excluding carboxylic acids is 3. The minimum absolute atomic E-state index is 0.171. The quantitative estimate of drug-likeness (QED) is 0.414. The Morgan fingerprint density at radius 3 is 2.59 bits per heavy atom. The van der Waals surface area contributed by atoms with Crippen LogP contribution in [0.2, 0.25) is 0 Å². The summed E-state index contributed by atoms with van der Waals surface area (Å²) in [5.74, 6) is 0.934. The molecule has 8 nitrogen and oxygen atoms in total. The molecule has 3 amide bonds. The number of carbonyl (C=O) groups is 3. The Bertz CT molecular complexity index is 1310. The molecule has 2 aliphatic heterocycles. The predicted octanol–water partition coefficient (Wildman–Crippen LogP) is 1.77. The van der Waals surface area contributed by atoms with E-state index in [0.717, 1.165) is 5.56 Å². The van der Waals surface area contributed by atoms with E-state index in [4.69, 9.17) is 6.42 Å². The highest BCUT2D eigenvalue weighted by Gasteiger charge is 2.39. The van der Waals surface area contributed by atoms with E-state index in [9.17, 15) is 27.4 Å². The number of piperidine rings is 1. The standard InChI is InChI=1S/C23H20N2O6S/c1-3-17(19-11-16(32(29,30)31)6-4-13(19)2)14-5-7-18-15(10-14)12-25(23(18)28)20-8-9-21(26)24-22(20)27/h1,4-7,10-11,17,20H,8-9,12H2,2H3,(H,24,26,27)(H,29,30,31). The molecule has 4 rings (SSSR count). The van der Waals surface area contributed by atoms with Gasteiger partial charge in [0.25, 0.3) is 16.0 Å². The lowest BCUT2D eigenvalue weighted by Crippen LogP contribution is -2.52. The molecule has 0 aromatic heterocycles. The van der Waals surface area contributed by atoms with Crippen LogP contribution in [0.1, 0.15) is 51.4 Å². The first-order valence-electron chi connectivity index (χ1n) is 9.92. The first-order chi connectivity index (χ1) is 15.1. The van der Waals surface area contributed by atoms with E-state index < -0.39 is 28.0 Å². The second kappa shape index (κ2) is 7.89. The Kier molecular flexibility index (Phi) is 5.36. The zero-order valence-corrected chi connectivity index (χ0v) is 18.0. The fourth-order valence-corrected chi connectivity index (χ4v) is 4.75. The minimum atomic E-state index is -4.39. The molecule has 0 bridgehead atoms. The van der Waals surface area contributed by atoms with Crippen LogP contribution in [0.4, 0.5) is 0 Å². The van der Waals surface area contributed by atoms with Crippen molar-refractivity contribution in [2.45, 2.75) is 43.2 Å². The molecule has 2 unspecified atom stereocenters. The Balaban J connectivity index is 1.68. The number of nitrogens with one attached hydrogen (secondary N) is 1. The Labute approximate surface area is 185 Å². The van der Waals surface area contributed by atoms with Gasteiger partial charge in [0, 0.05) is 18.5 Å². The molecule has 0 aliphatic carbocycles. The largest absolute Gasteiger partial charge is 0.322 e. The van der Waals surface area contributed by atoms with Crippen molar-refractivity contribution < 1.29 is 27.4 Å². The van der Waals surface area contributed by atoms with E-state index in [1.165, 1.54) is 17.0 Å². The molecule has 0 spiro atoms. The van der Waals surface area contributed by atoms with Crippen molar-refractivity contribution in [1.29, 1.82) is 0 Å². The molecule has 2 N–H and O–H groups in total. The number of rotatable bonds is 4. The number of amides is 3. The highest BCUT2D eigenvalue weighted by molar-refractivity contribution is 7.85. The first-order valence-corrected chi connectivity index (χ1v) is 11.4. The van der Waals surface area contributed by atoms with Crippen LogP contribution in [-0.4, -0.2) is 41.6 Å². The van der Waals surface area contributed by atoms with Crippen LogP contribution in [0.25, 0.3) is 0 Å². The molecule has 32 heavy (non-hydrogen) atoms. The highest BCUT2D eigenvalue weighted by Crippen LogP contribution is 2.33. The Morgan fingerprint density at radius 1 is 1.19 bits per heavy atom. The van der Waals surface area contributed by atoms with Crippen molar-refractivity contribution in [3.05, 3.63) is 64.2 Å². The highest BCUT2D eigenvalue weighted by atomic mass is 32.2. The molecule has 2 aromatic rings. The van der Waals surface area contributed by atoms with Crippen LogP contribution in [0.3, 0.4) is 0 Å². The van der Waals surface area contributed by atoms with Gasteiger partial charge in [-0.25, -0.2) is 0 Å². The van der Waals surface area contributed by atoms with Gasteiger partial charge in [-0.1, -0.05) is 24.1 Å². The van der Waals surface area contributed by atoms with Gasteiger partial charge in [0.15, 0.2) is 0 Å². The summed E-state index contributed by atoms with van der Waals surface area (Å²) in [5.41, 5.74) is 3.13. The first kappa shape index (κ1) is 21.7. The molecule has 1 saturated heterocycles. The predicted molar refractivity (Wildman–Crippen MR) is 114 cm³/mol. The van der Waals surface area contributed by atoms with Crippen molar-refractivity contribution in [2.75, 3.05) is 0 Å². The van der Waals surface area contributed by atoms with Crippen LogP contribution >= 0.6 is 0 Å². The lowest BCUT2D eigenvalue weighted by molar-refractivity contribution is -0.136. The lowest BCUT2D eigenvalue weighted by atomic mass is 9.88. The van der Waals surface area contributed by atoms with Crippen molar-refractivity contribution in [1.82, 2.24) is 10.2 Å². The second-order valence-corrected chi connectivity index (χ2v) is 9.33. The number of aryl methyl sites for hydroxylation is 1. The SMILES string of the molecule is C#CC(c1ccc2c(c1)CN(C1CCC(=O)NC1=O)C2=O)c1cc(S(=O)(=O)O)ccc1C. The molecule has 0 saturated carbocycles. The Morgan fingerprint density at radius 2 is 1.94 bits per heavy atom. The maximum Gasteiger partial charge on any atom is 0.294 e. The summed E-state index contributed by atoms with van der Waals surface area (Å²) < 4.78 is 32.5. The number of imide groups is 1. The molecule has 2 heterocycles. The summed E-state index contributed by atoms with van der Waals surface area (Å²) in [6.45, 7) is 1.99. The van der Waals surface area contributed by atoms with Gasteiger partial charge in [0.1, 0.15) is 6.04 Å². The van der Waals surface area contributed by atoms with Crippen molar-refractivity contribution in [3.63, 3.8) is 0 Å².